The minimum absolute atomic E-state index is 0. The molecule has 0 radical (unpaired) electrons. The van der Waals surface area contributed by atoms with E-state index in [4.69, 9.17) is 0 Å². The summed E-state index contributed by atoms with van der Waals surface area (Å²) in [5.41, 5.74) is 0. The molecule has 0 heterocycles. The fraction of sp³-hybridized carbons (Fsp3) is 0.958. The van der Waals surface area contributed by atoms with Gasteiger partial charge in [-0.2, -0.15) is 0 Å². The monoisotopic (exact) mass is 580 g/mol. The van der Waals surface area contributed by atoms with Crippen LogP contribution < -0.4 is 0 Å². The van der Waals surface area contributed by atoms with Crippen LogP contribution in [0.1, 0.15) is 148 Å². The zero-order valence-electron chi connectivity index (χ0n) is 18.7. The second kappa shape index (κ2) is 27.1. The summed E-state index contributed by atoms with van der Waals surface area (Å²) in [5, 5.41) is 0. The molecule has 0 rings (SSSR count). The van der Waals surface area contributed by atoms with Gasteiger partial charge >= 0.3 is 98.6 Å². The summed E-state index contributed by atoms with van der Waals surface area (Å²) in [6.45, 7) is 2.29. The standard InChI is InChI=1S/C24H48O2.H2O.Pt/c1-2-3-4-5-6-7-8-9-10-11-12-13-14-15-16-17-18-19-20-21-22-23-24(25)26;;/h2-23H2,1H3,(H,25,26);1H2;/q;;+1/p-1. The van der Waals surface area contributed by atoms with E-state index in [1.807, 2.05) is 0 Å². The van der Waals surface area contributed by atoms with Crippen molar-refractivity contribution < 1.29 is 33.9 Å². The number of carbonyl (C=O) groups is 1. The van der Waals surface area contributed by atoms with Gasteiger partial charge in [0.15, 0.2) is 0 Å². The molecule has 4 heteroatoms. The zero-order valence-corrected chi connectivity index (χ0v) is 21.0. The first kappa shape index (κ1) is 30.3. The van der Waals surface area contributed by atoms with E-state index in [9.17, 15) is 4.79 Å². The van der Waals surface area contributed by atoms with Gasteiger partial charge < -0.3 is 5.48 Å². The number of hydrogen-bond acceptors (Lipinski definition) is 2. The van der Waals surface area contributed by atoms with Crippen LogP contribution in [-0.4, -0.2) is 11.4 Å². The van der Waals surface area contributed by atoms with Crippen molar-refractivity contribution >= 4 is 5.97 Å². The van der Waals surface area contributed by atoms with E-state index in [1.54, 1.807) is 20.2 Å². The summed E-state index contributed by atoms with van der Waals surface area (Å²) in [4.78, 5) is 11.0. The fourth-order valence-corrected chi connectivity index (χ4v) is 3.97. The van der Waals surface area contributed by atoms with Crippen molar-refractivity contribution in [3.05, 3.63) is 0 Å². The van der Waals surface area contributed by atoms with E-state index >= 15 is 0 Å². The average molecular weight is 581 g/mol. The summed E-state index contributed by atoms with van der Waals surface area (Å²) >= 11 is 1.66. The van der Waals surface area contributed by atoms with Crippen molar-refractivity contribution in [1.82, 2.24) is 0 Å². The summed E-state index contributed by atoms with van der Waals surface area (Å²) < 4.78 is 4.63. The summed E-state index contributed by atoms with van der Waals surface area (Å²) in [7, 11) is 0. The molecule has 2 N–H and O–H groups in total. The first-order valence-corrected chi connectivity index (χ1v) is 13.0. The van der Waals surface area contributed by atoms with Gasteiger partial charge in [0.05, 0.1) is 0 Å². The largest absolute Gasteiger partial charge is 0.412 e. The predicted molar refractivity (Wildman–Crippen MR) is 117 cm³/mol. The van der Waals surface area contributed by atoms with Crippen LogP contribution in [0.25, 0.3) is 0 Å². The molecule has 3 nitrogen and oxygen atoms in total. The smallest absolute Gasteiger partial charge is 0.412 e. The fourth-order valence-electron chi connectivity index (χ4n) is 3.73. The molecule has 0 bridgehead atoms. The minimum atomic E-state index is -0.0746. The molecule has 0 saturated heterocycles. The third kappa shape index (κ3) is 26.1. The molecule has 0 saturated carbocycles. The van der Waals surface area contributed by atoms with Gasteiger partial charge in [-0.3, -0.25) is 0 Å². The molecule has 0 unspecified atom stereocenters. The Morgan fingerprint density at radius 1 is 0.536 bits per heavy atom. The quantitative estimate of drug-likeness (QED) is 0.123. The third-order valence-corrected chi connectivity index (χ3v) is 6.07. The van der Waals surface area contributed by atoms with Crippen molar-refractivity contribution in [3.63, 3.8) is 0 Å². The van der Waals surface area contributed by atoms with Crippen LogP contribution >= 0.6 is 0 Å². The topological polar surface area (TPSA) is 57.8 Å². The van der Waals surface area contributed by atoms with Crippen LogP contribution in [0.3, 0.4) is 0 Å². The van der Waals surface area contributed by atoms with Crippen molar-refractivity contribution in [2.75, 3.05) is 0 Å². The van der Waals surface area contributed by atoms with Crippen LogP contribution in [0.2, 0.25) is 0 Å². The Morgan fingerprint density at radius 3 is 1.04 bits per heavy atom. The molecule has 0 fully saturated rings. The van der Waals surface area contributed by atoms with E-state index in [0.717, 1.165) is 6.42 Å². The van der Waals surface area contributed by atoms with Crippen LogP contribution in [0, 0.1) is 0 Å². The Balaban J connectivity index is 0. The van der Waals surface area contributed by atoms with Crippen molar-refractivity contribution in [2.45, 2.75) is 148 Å². The Hall–Kier alpha value is 0.118. The Morgan fingerprint density at radius 2 is 0.786 bits per heavy atom. The average Bonchev–Trinajstić information content (AvgIpc) is 2.68. The molecule has 0 aliphatic carbocycles. The van der Waals surface area contributed by atoms with Gasteiger partial charge in [-0.05, 0) is 0 Å². The van der Waals surface area contributed by atoms with Crippen LogP contribution in [0.5, 0.6) is 0 Å². The molecule has 0 aromatic heterocycles. The van der Waals surface area contributed by atoms with Crippen molar-refractivity contribution in [1.29, 1.82) is 0 Å². The van der Waals surface area contributed by atoms with E-state index < -0.39 is 0 Å². The number of rotatable bonds is 22. The number of carbonyl (C=O) groups excluding carboxylic acids is 1. The van der Waals surface area contributed by atoms with Gasteiger partial charge in [0.25, 0.3) is 0 Å². The van der Waals surface area contributed by atoms with E-state index in [2.05, 4.69) is 10.3 Å². The van der Waals surface area contributed by atoms with Crippen LogP contribution in [-0.2, 0) is 28.4 Å². The maximum Gasteiger partial charge on any atom is -0.412 e. The molecule has 0 aromatic carbocycles. The van der Waals surface area contributed by atoms with Gasteiger partial charge in [0, 0.05) is 0 Å². The second-order valence-electron chi connectivity index (χ2n) is 8.26. The number of hydrogen-bond donors (Lipinski definition) is 0. The summed E-state index contributed by atoms with van der Waals surface area (Å²) in [5.74, 6) is -0.0746. The van der Waals surface area contributed by atoms with Crippen molar-refractivity contribution in [3.8, 4) is 0 Å². The van der Waals surface area contributed by atoms with Gasteiger partial charge in [-0.25, -0.2) is 0 Å². The molecule has 0 amide bonds. The molecule has 0 aliphatic heterocycles. The normalized spacial score (nSPS) is 10.7. The molecule has 173 valence electrons. The SMILES string of the molecule is CCCCCCCCCCCCCCCCCCCCCCCC(=O)[O][Pt].O. The Labute approximate surface area is 187 Å². The zero-order chi connectivity index (χ0) is 19.8. The van der Waals surface area contributed by atoms with Gasteiger partial charge in [0.2, 0.25) is 0 Å². The molecule has 0 aromatic rings. The third-order valence-electron chi connectivity index (χ3n) is 5.56. The van der Waals surface area contributed by atoms with E-state index in [0.29, 0.717) is 6.42 Å². The van der Waals surface area contributed by atoms with Crippen LogP contribution in [0.15, 0.2) is 0 Å². The van der Waals surface area contributed by atoms with Gasteiger partial charge in [-0.1, -0.05) is 84.0 Å². The molecule has 0 atom stereocenters. The number of unbranched alkanes of at least 4 members (excludes halogenated alkanes) is 20. The van der Waals surface area contributed by atoms with E-state index in [-0.39, 0.29) is 11.4 Å². The van der Waals surface area contributed by atoms with Gasteiger partial charge in [-0.15, -0.1) is 0 Å². The maximum absolute atomic E-state index is 11.0. The first-order valence-electron chi connectivity index (χ1n) is 12.1. The molecule has 0 spiro atoms. The molecule has 0 aliphatic rings. The van der Waals surface area contributed by atoms with Crippen LogP contribution in [0.4, 0.5) is 0 Å². The van der Waals surface area contributed by atoms with Crippen molar-refractivity contribution in [2.24, 2.45) is 0 Å². The molecular weight excluding hydrogens is 531 g/mol. The van der Waals surface area contributed by atoms with Gasteiger partial charge in [0.1, 0.15) is 0 Å². The predicted octanol–water partition coefficient (Wildman–Crippen LogP) is 7.77. The second-order valence-corrected chi connectivity index (χ2v) is 8.72. The maximum atomic E-state index is 11.0. The Bertz CT molecular complexity index is 298. The summed E-state index contributed by atoms with van der Waals surface area (Å²) in [6.07, 6.45) is 29.8. The molecule has 28 heavy (non-hydrogen) atoms. The Kier molecular flexibility index (Phi) is 29.4. The first-order chi connectivity index (χ1) is 13.3. The van der Waals surface area contributed by atoms with E-state index in [1.165, 1.54) is 128 Å². The molecular formula is C24H49O3Pt. The summed E-state index contributed by atoms with van der Waals surface area (Å²) in [6, 6.07) is 0. The minimum Gasteiger partial charge on any atom is -0.412 e.